The molecule has 3 atom stereocenters. The number of methoxy groups -OCH3 is 1. The molecule has 0 amide bonds. The summed E-state index contributed by atoms with van der Waals surface area (Å²) in [4.78, 5) is 2.65. The molecule has 3 unspecified atom stereocenters. The maximum absolute atomic E-state index is 6.53. The van der Waals surface area contributed by atoms with Gasteiger partial charge in [-0.25, -0.2) is 0 Å². The van der Waals surface area contributed by atoms with Gasteiger partial charge in [-0.3, -0.25) is 4.90 Å². The molecule has 0 aromatic rings. The van der Waals surface area contributed by atoms with Crippen LogP contribution in [0.4, 0.5) is 0 Å². The van der Waals surface area contributed by atoms with Gasteiger partial charge in [0.1, 0.15) is 0 Å². The van der Waals surface area contributed by atoms with Crippen molar-refractivity contribution in [1.82, 2.24) is 4.90 Å². The van der Waals surface area contributed by atoms with Crippen LogP contribution < -0.4 is 5.73 Å². The molecule has 0 radical (unpaired) electrons. The first-order valence-corrected chi connectivity index (χ1v) is 7.53. The van der Waals surface area contributed by atoms with Gasteiger partial charge in [-0.2, -0.15) is 0 Å². The summed E-state index contributed by atoms with van der Waals surface area (Å²) in [5.74, 6) is 0.709. The van der Waals surface area contributed by atoms with Gasteiger partial charge < -0.3 is 10.5 Å². The molecule has 1 saturated heterocycles. The first-order chi connectivity index (χ1) is 8.54. The van der Waals surface area contributed by atoms with Gasteiger partial charge in [-0.15, -0.1) is 0 Å². The Bertz CT molecular complexity index is 265. The van der Waals surface area contributed by atoms with E-state index in [1.807, 2.05) is 7.11 Å². The predicted molar refractivity (Wildman–Crippen MR) is 75.6 cm³/mol. The van der Waals surface area contributed by atoms with Gasteiger partial charge in [-0.05, 0) is 43.6 Å². The zero-order chi connectivity index (χ0) is 13.2. The molecule has 0 bridgehead atoms. The van der Waals surface area contributed by atoms with Crippen LogP contribution in [0, 0.1) is 11.3 Å². The van der Waals surface area contributed by atoms with Crippen molar-refractivity contribution in [3.8, 4) is 0 Å². The molecule has 3 nitrogen and oxygen atoms in total. The van der Waals surface area contributed by atoms with Crippen molar-refractivity contribution in [1.29, 1.82) is 0 Å². The van der Waals surface area contributed by atoms with Crippen LogP contribution in [0.3, 0.4) is 0 Å². The van der Waals surface area contributed by atoms with Gasteiger partial charge in [0.05, 0.1) is 6.61 Å². The van der Waals surface area contributed by atoms with Crippen molar-refractivity contribution in [2.75, 3.05) is 26.8 Å². The van der Waals surface area contributed by atoms with Gasteiger partial charge in [-0.1, -0.05) is 20.3 Å². The number of hydrogen-bond donors (Lipinski definition) is 1. The third-order valence-corrected chi connectivity index (χ3v) is 5.06. The Hall–Kier alpha value is -0.120. The third kappa shape index (κ3) is 3.06. The lowest BCUT2D eigenvalue weighted by atomic mass is 9.70. The Kier molecular flexibility index (Phi) is 4.68. The summed E-state index contributed by atoms with van der Waals surface area (Å²) in [6, 6.07) is 0.918. The molecule has 0 aromatic heterocycles. The van der Waals surface area contributed by atoms with Crippen LogP contribution in [0.25, 0.3) is 0 Å². The molecular formula is C15H30N2O. The topological polar surface area (TPSA) is 38.5 Å². The second-order valence-corrected chi connectivity index (χ2v) is 6.93. The van der Waals surface area contributed by atoms with Gasteiger partial charge in [0, 0.05) is 25.7 Å². The molecule has 1 aliphatic heterocycles. The summed E-state index contributed by atoms with van der Waals surface area (Å²) in [6.45, 7) is 7.99. The number of piperidine rings is 1. The molecule has 1 aliphatic carbocycles. The normalized spacial score (nSPS) is 37.7. The van der Waals surface area contributed by atoms with E-state index in [4.69, 9.17) is 10.5 Å². The quantitative estimate of drug-likeness (QED) is 0.839. The monoisotopic (exact) mass is 254 g/mol. The highest BCUT2D eigenvalue weighted by Crippen LogP contribution is 2.37. The minimum Gasteiger partial charge on any atom is -0.384 e. The molecule has 2 N–H and O–H groups in total. The lowest BCUT2D eigenvalue weighted by Gasteiger charge is -2.48. The molecule has 2 fully saturated rings. The summed E-state index contributed by atoms with van der Waals surface area (Å²) >= 11 is 0. The maximum Gasteiger partial charge on any atom is 0.0502 e. The molecular weight excluding hydrogens is 224 g/mol. The van der Waals surface area contributed by atoms with E-state index < -0.39 is 0 Å². The Morgan fingerprint density at radius 1 is 1.28 bits per heavy atom. The van der Waals surface area contributed by atoms with Crippen LogP contribution >= 0.6 is 0 Å². The molecule has 0 aromatic carbocycles. The van der Waals surface area contributed by atoms with Crippen LogP contribution in [0.5, 0.6) is 0 Å². The fourth-order valence-electron chi connectivity index (χ4n) is 3.81. The van der Waals surface area contributed by atoms with Crippen molar-refractivity contribution in [3.05, 3.63) is 0 Å². The second-order valence-electron chi connectivity index (χ2n) is 6.93. The second kappa shape index (κ2) is 5.89. The first kappa shape index (κ1) is 14.3. The number of nitrogens with zero attached hydrogens (tertiary/aromatic N) is 1. The van der Waals surface area contributed by atoms with Crippen LogP contribution in [0.1, 0.15) is 46.0 Å². The Morgan fingerprint density at radius 2 is 2.06 bits per heavy atom. The van der Waals surface area contributed by atoms with Gasteiger partial charge >= 0.3 is 0 Å². The smallest absolute Gasteiger partial charge is 0.0502 e. The van der Waals surface area contributed by atoms with Crippen LogP contribution in [-0.4, -0.2) is 43.8 Å². The fraction of sp³-hybridized carbons (Fsp3) is 1.00. The number of likely N-dealkylation sites (tertiary alicyclic amines) is 1. The summed E-state index contributed by atoms with van der Waals surface area (Å²) in [7, 11) is 1.81. The summed E-state index contributed by atoms with van der Waals surface area (Å²) < 4.78 is 5.33. The Morgan fingerprint density at radius 3 is 2.78 bits per heavy atom. The standard InChI is InChI=1S/C15H30N2O/c1-15(2)8-4-7-13(14(15)16)17-9-5-6-12(10-17)11-18-3/h12-14H,4-11,16H2,1-3H3. The van der Waals surface area contributed by atoms with E-state index in [9.17, 15) is 0 Å². The zero-order valence-electron chi connectivity index (χ0n) is 12.3. The van der Waals surface area contributed by atoms with Gasteiger partial charge in [0.2, 0.25) is 0 Å². The molecule has 106 valence electrons. The number of ether oxygens (including phenoxy) is 1. The summed E-state index contributed by atoms with van der Waals surface area (Å²) in [5, 5.41) is 0. The van der Waals surface area contributed by atoms with E-state index in [0.717, 1.165) is 6.61 Å². The average molecular weight is 254 g/mol. The lowest BCUT2D eigenvalue weighted by molar-refractivity contribution is 0.0212. The average Bonchev–Trinajstić information content (AvgIpc) is 2.33. The largest absolute Gasteiger partial charge is 0.384 e. The van der Waals surface area contributed by atoms with Crippen LogP contribution in [-0.2, 0) is 4.74 Å². The molecule has 0 spiro atoms. The van der Waals surface area contributed by atoms with Crippen LogP contribution in [0.2, 0.25) is 0 Å². The van der Waals surface area contributed by atoms with Crippen molar-refractivity contribution < 1.29 is 4.74 Å². The van der Waals surface area contributed by atoms with E-state index in [0.29, 0.717) is 23.4 Å². The number of rotatable bonds is 3. The molecule has 2 rings (SSSR count). The highest BCUT2D eigenvalue weighted by Gasteiger charge is 2.40. The zero-order valence-corrected chi connectivity index (χ0v) is 12.3. The van der Waals surface area contributed by atoms with Crippen molar-refractivity contribution >= 4 is 0 Å². The third-order valence-electron chi connectivity index (χ3n) is 5.06. The highest BCUT2D eigenvalue weighted by atomic mass is 16.5. The van der Waals surface area contributed by atoms with Gasteiger partial charge in [0.15, 0.2) is 0 Å². The molecule has 1 heterocycles. The van der Waals surface area contributed by atoms with E-state index in [2.05, 4.69) is 18.7 Å². The summed E-state index contributed by atoms with van der Waals surface area (Å²) in [6.07, 6.45) is 6.51. The Balaban J connectivity index is 1.97. The van der Waals surface area contributed by atoms with Crippen molar-refractivity contribution in [2.24, 2.45) is 17.1 Å². The van der Waals surface area contributed by atoms with E-state index in [1.165, 1.54) is 45.2 Å². The maximum atomic E-state index is 6.53. The Labute approximate surface area is 112 Å². The molecule has 18 heavy (non-hydrogen) atoms. The minimum absolute atomic E-state index is 0.303. The number of nitrogens with two attached hydrogens (primary N) is 1. The lowest BCUT2D eigenvalue weighted by Crippen LogP contribution is -2.58. The fourth-order valence-corrected chi connectivity index (χ4v) is 3.81. The molecule has 1 saturated carbocycles. The molecule has 2 aliphatic rings. The van der Waals surface area contributed by atoms with E-state index in [-0.39, 0.29) is 0 Å². The predicted octanol–water partition coefficient (Wildman–Crippen LogP) is 2.25. The first-order valence-electron chi connectivity index (χ1n) is 7.53. The minimum atomic E-state index is 0.303. The van der Waals surface area contributed by atoms with Crippen molar-refractivity contribution in [3.63, 3.8) is 0 Å². The van der Waals surface area contributed by atoms with Gasteiger partial charge in [0.25, 0.3) is 0 Å². The highest BCUT2D eigenvalue weighted by molar-refractivity contribution is 4.97. The van der Waals surface area contributed by atoms with E-state index in [1.54, 1.807) is 0 Å². The molecule has 3 heteroatoms. The van der Waals surface area contributed by atoms with E-state index >= 15 is 0 Å². The van der Waals surface area contributed by atoms with Crippen molar-refractivity contribution in [2.45, 2.75) is 58.0 Å². The summed E-state index contributed by atoms with van der Waals surface area (Å²) in [5.41, 5.74) is 6.84. The number of hydrogen-bond acceptors (Lipinski definition) is 3. The SMILES string of the molecule is COCC1CCCN(C2CCCC(C)(C)C2N)C1. The van der Waals surface area contributed by atoms with Crippen LogP contribution in [0.15, 0.2) is 0 Å².